The Bertz CT molecular complexity index is 424. The summed E-state index contributed by atoms with van der Waals surface area (Å²) in [5.41, 5.74) is -0.515. The van der Waals surface area contributed by atoms with Crippen molar-refractivity contribution in [3.63, 3.8) is 0 Å². The van der Waals surface area contributed by atoms with Crippen molar-refractivity contribution in [2.75, 3.05) is 0 Å². The quantitative estimate of drug-likeness (QED) is 0.828. The highest BCUT2D eigenvalue weighted by Gasteiger charge is 2.58. The molecule has 3 fully saturated rings. The molecule has 0 unspecified atom stereocenters. The van der Waals surface area contributed by atoms with E-state index >= 15 is 0 Å². The number of alkyl carbamates (subject to hydrolysis) is 1. The van der Waals surface area contributed by atoms with E-state index in [1.165, 1.54) is 0 Å². The number of carbonyl (C=O) groups excluding carboxylic acids is 2. The molecule has 1 N–H and O–H groups in total. The van der Waals surface area contributed by atoms with Crippen molar-refractivity contribution in [1.29, 1.82) is 0 Å². The van der Waals surface area contributed by atoms with Crippen LogP contribution in [0.15, 0.2) is 0 Å². The highest BCUT2D eigenvalue weighted by molar-refractivity contribution is 5.73. The van der Waals surface area contributed by atoms with Crippen LogP contribution in [0.5, 0.6) is 0 Å². The molecule has 20 heavy (non-hydrogen) atoms. The molecule has 0 aromatic heterocycles. The van der Waals surface area contributed by atoms with Crippen molar-refractivity contribution >= 4 is 12.1 Å². The fourth-order valence-electron chi connectivity index (χ4n) is 3.69. The predicted octanol–water partition coefficient (Wildman–Crippen LogP) is 1.31. The Morgan fingerprint density at radius 2 is 1.85 bits per heavy atom. The van der Waals surface area contributed by atoms with Gasteiger partial charge in [-0.1, -0.05) is 13.8 Å². The molecule has 3 aliphatic rings. The summed E-state index contributed by atoms with van der Waals surface area (Å²) < 4.78 is 5.24. The van der Waals surface area contributed by atoms with Crippen LogP contribution in [-0.2, 0) is 9.53 Å². The fourth-order valence-corrected chi connectivity index (χ4v) is 3.69. The molecule has 0 aromatic rings. The summed E-state index contributed by atoms with van der Waals surface area (Å²) in [4.78, 5) is 23.2. The average molecular weight is 282 g/mol. The molecular formula is C15H24NO4-. The van der Waals surface area contributed by atoms with E-state index in [1.807, 2.05) is 0 Å². The lowest BCUT2D eigenvalue weighted by molar-refractivity contribution is -0.317. The van der Waals surface area contributed by atoms with Crippen LogP contribution in [0.1, 0.15) is 47.5 Å². The molecule has 0 heterocycles. The van der Waals surface area contributed by atoms with Gasteiger partial charge in [-0.3, -0.25) is 0 Å². The number of hydrogen-bond acceptors (Lipinski definition) is 4. The number of aliphatic carboxylic acids is 1. The molecule has 114 valence electrons. The molecule has 4 atom stereocenters. The maximum Gasteiger partial charge on any atom is 0.407 e. The topological polar surface area (TPSA) is 78.5 Å². The molecule has 0 aromatic carbocycles. The highest BCUT2D eigenvalue weighted by atomic mass is 16.6. The van der Waals surface area contributed by atoms with Gasteiger partial charge in [-0.15, -0.1) is 0 Å². The average Bonchev–Trinajstić information content (AvgIpc) is 2.25. The standard InChI is InChI=1S/C15H25NO4/c1-14(2,3)20-13(19)16-11-9(12(17)18)6-8-7-10(11)15(8,4)5/h8-11H,6-7H2,1-5H3,(H,16,19)(H,17,18)/p-1/t8-,9-,10-,11-/m0/s1. The summed E-state index contributed by atoms with van der Waals surface area (Å²) >= 11 is 0. The first kappa shape index (κ1) is 15.1. The van der Waals surface area contributed by atoms with E-state index in [4.69, 9.17) is 4.74 Å². The van der Waals surface area contributed by atoms with Crippen molar-refractivity contribution in [3.05, 3.63) is 0 Å². The minimum absolute atomic E-state index is 0.0750. The third-order valence-electron chi connectivity index (χ3n) is 4.94. The molecule has 3 rings (SSSR count). The zero-order valence-corrected chi connectivity index (χ0v) is 12.9. The van der Waals surface area contributed by atoms with Crippen LogP contribution >= 0.6 is 0 Å². The van der Waals surface area contributed by atoms with Crippen LogP contribution in [0.25, 0.3) is 0 Å². The van der Waals surface area contributed by atoms with E-state index in [0.717, 1.165) is 6.42 Å². The van der Waals surface area contributed by atoms with Gasteiger partial charge in [0.05, 0.1) is 0 Å². The van der Waals surface area contributed by atoms with Gasteiger partial charge >= 0.3 is 6.09 Å². The van der Waals surface area contributed by atoms with Gasteiger partial charge in [0.25, 0.3) is 0 Å². The molecule has 5 nitrogen and oxygen atoms in total. The lowest BCUT2D eigenvalue weighted by Crippen LogP contribution is -2.66. The molecule has 3 saturated carbocycles. The maximum absolute atomic E-state index is 11.9. The fraction of sp³-hybridized carbons (Fsp3) is 0.867. The van der Waals surface area contributed by atoms with E-state index in [-0.39, 0.29) is 11.3 Å². The van der Waals surface area contributed by atoms with Gasteiger partial charge < -0.3 is 20.0 Å². The van der Waals surface area contributed by atoms with Gasteiger partial charge in [-0.25, -0.2) is 4.79 Å². The van der Waals surface area contributed by atoms with Crippen molar-refractivity contribution < 1.29 is 19.4 Å². The highest BCUT2D eigenvalue weighted by Crippen LogP contribution is 2.60. The predicted molar refractivity (Wildman–Crippen MR) is 71.6 cm³/mol. The molecule has 5 heteroatoms. The normalized spacial score (nSPS) is 34.9. The number of rotatable bonds is 2. The first-order valence-corrected chi connectivity index (χ1v) is 7.22. The second-order valence-corrected chi connectivity index (χ2v) is 7.69. The molecule has 3 aliphatic carbocycles. The Balaban J connectivity index is 2.09. The van der Waals surface area contributed by atoms with Gasteiger partial charge in [0.15, 0.2) is 0 Å². The van der Waals surface area contributed by atoms with E-state index in [0.29, 0.717) is 12.3 Å². The largest absolute Gasteiger partial charge is 0.550 e. The van der Waals surface area contributed by atoms with Crippen molar-refractivity contribution in [2.45, 2.75) is 59.1 Å². The Morgan fingerprint density at radius 3 is 2.30 bits per heavy atom. The molecule has 0 spiro atoms. The third-order valence-corrected chi connectivity index (χ3v) is 4.94. The number of fused-ring (bicyclic) bond motifs is 2. The molecular weight excluding hydrogens is 258 g/mol. The lowest BCUT2D eigenvalue weighted by atomic mass is 9.45. The summed E-state index contributed by atoms with van der Waals surface area (Å²) in [7, 11) is 0. The number of carboxylic acids is 1. The summed E-state index contributed by atoms with van der Waals surface area (Å²) in [6.45, 7) is 9.63. The van der Waals surface area contributed by atoms with Gasteiger partial charge in [0.2, 0.25) is 0 Å². The molecule has 0 aliphatic heterocycles. The van der Waals surface area contributed by atoms with Crippen molar-refractivity contribution in [1.82, 2.24) is 5.32 Å². The van der Waals surface area contributed by atoms with E-state index in [1.54, 1.807) is 20.8 Å². The third kappa shape index (κ3) is 2.63. The Labute approximate surface area is 120 Å². The second-order valence-electron chi connectivity index (χ2n) is 7.69. The summed E-state index contributed by atoms with van der Waals surface area (Å²) in [5.74, 6) is -1.10. The minimum Gasteiger partial charge on any atom is -0.550 e. The zero-order valence-electron chi connectivity index (χ0n) is 12.9. The first-order valence-electron chi connectivity index (χ1n) is 7.22. The SMILES string of the molecule is CC(C)(C)OC(=O)N[C@H]1[C@@H](C(=O)[O-])C[C@H]2C[C@@H]1C2(C)C. The number of amides is 1. The summed E-state index contributed by atoms with van der Waals surface area (Å²) in [5, 5.41) is 14.1. The van der Waals surface area contributed by atoms with E-state index < -0.39 is 29.6 Å². The van der Waals surface area contributed by atoms with Gasteiger partial charge in [0, 0.05) is 17.9 Å². The number of carbonyl (C=O) groups is 2. The Hall–Kier alpha value is -1.26. The Morgan fingerprint density at radius 1 is 1.25 bits per heavy atom. The summed E-state index contributed by atoms with van der Waals surface area (Å²) in [6.07, 6.45) is 0.999. The van der Waals surface area contributed by atoms with Gasteiger partial charge in [0.1, 0.15) is 5.60 Å². The zero-order chi connectivity index (χ0) is 15.3. The lowest BCUT2D eigenvalue weighted by Gasteiger charge is -2.62. The molecule has 0 saturated heterocycles. The molecule has 0 radical (unpaired) electrons. The van der Waals surface area contributed by atoms with E-state index in [9.17, 15) is 14.7 Å². The van der Waals surface area contributed by atoms with Crippen molar-refractivity contribution in [3.8, 4) is 0 Å². The molecule has 2 bridgehead atoms. The van der Waals surface area contributed by atoms with Crippen LogP contribution in [0.3, 0.4) is 0 Å². The van der Waals surface area contributed by atoms with Crippen LogP contribution in [0, 0.1) is 23.2 Å². The number of hydrogen-bond donors (Lipinski definition) is 1. The van der Waals surface area contributed by atoms with Crippen LogP contribution in [0.4, 0.5) is 4.79 Å². The summed E-state index contributed by atoms with van der Waals surface area (Å²) in [6, 6.07) is -0.394. The van der Waals surface area contributed by atoms with E-state index in [2.05, 4.69) is 19.2 Å². The van der Waals surface area contributed by atoms with Crippen LogP contribution in [-0.4, -0.2) is 23.7 Å². The minimum atomic E-state index is -1.07. The number of nitrogens with one attached hydrogen (secondary N) is 1. The second kappa shape index (κ2) is 4.64. The maximum atomic E-state index is 11.9. The first-order chi connectivity index (χ1) is 9.02. The number of ether oxygens (including phenoxy) is 1. The molecule has 1 amide bonds. The monoisotopic (exact) mass is 282 g/mol. The van der Waals surface area contributed by atoms with Crippen LogP contribution < -0.4 is 10.4 Å². The van der Waals surface area contributed by atoms with Crippen LogP contribution in [0.2, 0.25) is 0 Å². The van der Waals surface area contributed by atoms with Crippen molar-refractivity contribution in [2.24, 2.45) is 23.2 Å². The smallest absolute Gasteiger partial charge is 0.407 e. The number of carboxylic acid groups (broad SMARTS) is 1. The van der Waals surface area contributed by atoms with Gasteiger partial charge in [-0.05, 0) is 50.9 Å². The van der Waals surface area contributed by atoms with Gasteiger partial charge in [-0.2, -0.15) is 0 Å². The Kier molecular flexibility index (Phi) is 3.51.